The summed E-state index contributed by atoms with van der Waals surface area (Å²) < 4.78 is 6.41. The Balaban J connectivity index is 1.98. The van der Waals surface area contributed by atoms with Crippen molar-refractivity contribution >= 4 is 28.5 Å². The Labute approximate surface area is 144 Å². The zero-order valence-corrected chi connectivity index (χ0v) is 14.2. The van der Waals surface area contributed by atoms with Crippen molar-refractivity contribution in [2.75, 3.05) is 11.9 Å². The van der Waals surface area contributed by atoms with Crippen molar-refractivity contribution in [1.29, 1.82) is 0 Å². The molecule has 7 nitrogen and oxygen atoms in total. The van der Waals surface area contributed by atoms with Crippen LogP contribution >= 0.6 is 0 Å². The van der Waals surface area contributed by atoms with Gasteiger partial charge in [0.1, 0.15) is 17.1 Å². The van der Waals surface area contributed by atoms with Gasteiger partial charge in [-0.2, -0.15) is 5.10 Å². The van der Waals surface area contributed by atoms with Gasteiger partial charge in [0.2, 0.25) is 0 Å². The minimum absolute atomic E-state index is 0.203. The van der Waals surface area contributed by atoms with Crippen LogP contribution in [0.25, 0.3) is 10.8 Å². The molecular formula is C18H18N4O3. The molecule has 2 aromatic heterocycles. The SMILES string of the molecule is CCOC(=O)c1cnn(C)c1NC(=O)c1ncc(C)c2ccccc12. The molecule has 0 unspecified atom stereocenters. The van der Waals surface area contributed by atoms with Gasteiger partial charge in [0.05, 0.1) is 12.8 Å². The Morgan fingerprint density at radius 3 is 2.64 bits per heavy atom. The molecule has 0 spiro atoms. The molecule has 0 radical (unpaired) electrons. The second-order valence-corrected chi connectivity index (χ2v) is 5.54. The molecule has 0 aliphatic rings. The van der Waals surface area contributed by atoms with Crippen LogP contribution in [0.5, 0.6) is 0 Å². The summed E-state index contributed by atoms with van der Waals surface area (Å²) in [6.45, 7) is 3.90. The summed E-state index contributed by atoms with van der Waals surface area (Å²) in [5.41, 5.74) is 1.48. The normalized spacial score (nSPS) is 10.7. The largest absolute Gasteiger partial charge is 0.462 e. The van der Waals surface area contributed by atoms with Crippen molar-refractivity contribution in [3.8, 4) is 0 Å². The van der Waals surface area contributed by atoms with E-state index in [1.54, 1.807) is 20.2 Å². The summed E-state index contributed by atoms with van der Waals surface area (Å²) in [5.74, 6) is -0.673. The van der Waals surface area contributed by atoms with Gasteiger partial charge in [-0.05, 0) is 24.8 Å². The van der Waals surface area contributed by atoms with Gasteiger partial charge in [0, 0.05) is 18.6 Å². The molecule has 1 amide bonds. The molecule has 1 N–H and O–H groups in total. The molecule has 0 saturated carbocycles. The number of benzene rings is 1. The second-order valence-electron chi connectivity index (χ2n) is 5.54. The van der Waals surface area contributed by atoms with Crippen molar-refractivity contribution in [3.63, 3.8) is 0 Å². The van der Waals surface area contributed by atoms with Crippen LogP contribution in [0.4, 0.5) is 5.82 Å². The molecule has 0 fully saturated rings. The van der Waals surface area contributed by atoms with E-state index >= 15 is 0 Å². The minimum atomic E-state index is -0.535. The molecule has 3 rings (SSSR count). The molecule has 0 aliphatic heterocycles. The lowest BCUT2D eigenvalue weighted by Gasteiger charge is -2.10. The Kier molecular flexibility index (Phi) is 4.47. The van der Waals surface area contributed by atoms with Crippen LogP contribution in [0.15, 0.2) is 36.7 Å². The first-order valence-electron chi connectivity index (χ1n) is 7.87. The maximum atomic E-state index is 12.8. The monoisotopic (exact) mass is 338 g/mol. The minimum Gasteiger partial charge on any atom is -0.462 e. The molecule has 1 aromatic carbocycles. The third kappa shape index (κ3) is 3.08. The first kappa shape index (κ1) is 16.6. The highest BCUT2D eigenvalue weighted by Gasteiger charge is 2.21. The summed E-state index contributed by atoms with van der Waals surface area (Å²) in [6.07, 6.45) is 3.03. The number of carbonyl (C=O) groups is 2. The Morgan fingerprint density at radius 1 is 1.20 bits per heavy atom. The number of anilines is 1. The number of fused-ring (bicyclic) bond motifs is 1. The van der Waals surface area contributed by atoms with E-state index < -0.39 is 11.9 Å². The summed E-state index contributed by atoms with van der Waals surface area (Å²) in [7, 11) is 1.64. The number of aryl methyl sites for hydroxylation is 2. The van der Waals surface area contributed by atoms with Gasteiger partial charge in [-0.1, -0.05) is 24.3 Å². The highest BCUT2D eigenvalue weighted by atomic mass is 16.5. The first-order chi connectivity index (χ1) is 12.0. The predicted octanol–water partition coefficient (Wildman–Crippen LogP) is 2.71. The summed E-state index contributed by atoms with van der Waals surface area (Å²) in [6, 6.07) is 7.56. The quantitative estimate of drug-likeness (QED) is 0.739. The number of carbonyl (C=O) groups excluding carboxylic acids is 2. The average Bonchev–Trinajstić information content (AvgIpc) is 2.96. The summed E-state index contributed by atoms with van der Waals surface area (Å²) in [5, 5.41) is 8.45. The number of pyridine rings is 1. The van der Waals surface area contributed by atoms with Crippen LogP contribution in [0.3, 0.4) is 0 Å². The number of hydrogen-bond donors (Lipinski definition) is 1. The molecule has 128 valence electrons. The van der Waals surface area contributed by atoms with E-state index in [1.807, 2.05) is 31.2 Å². The number of nitrogens with one attached hydrogen (secondary N) is 1. The fourth-order valence-corrected chi connectivity index (χ4v) is 2.63. The van der Waals surface area contributed by atoms with Crippen molar-refractivity contribution < 1.29 is 14.3 Å². The molecule has 7 heteroatoms. The van der Waals surface area contributed by atoms with Gasteiger partial charge in [-0.25, -0.2) is 4.79 Å². The maximum Gasteiger partial charge on any atom is 0.343 e. The lowest BCUT2D eigenvalue weighted by atomic mass is 10.1. The lowest BCUT2D eigenvalue weighted by Crippen LogP contribution is -2.19. The number of aromatic nitrogens is 3. The number of ether oxygens (including phenoxy) is 1. The fraction of sp³-hybridized carbons (Fsp3) is 0.222. The maximum absolute atomic E-state index is 12.8. The zero-order chi connectivity index (χ0) is 18.0. The third-order valence-electron chi connectivity index (χ3n) is 3.88. The van der Waals surface area contributed by atoms with E-state index in [9.17, 15) is 9.59 Å². The predicted molar refractivity (Wildman–Crippen MR) is 93.6 cm³/mol. The van der Waals surface area contributed by atoms with Gasteiger partial charge in [-0.15, -0.1) is 0 Å². The van der Waals surface area contributed by atoms with Gasteiger partial charge in [-0.3, -0.25) is 14.5 Å². The van der Waals surface area contributed by atoms with E-state index in [1.165, 1.54) is 10.9 Å². The first-order valence-corrected chi connectivity index (χ1v) is 7.87. The third-order valence-corrected chi connectivity index (χ3v) is 3.88. The summed E-state index contributed by atoms with van der Waals surface area (Å²) >= 11 is 0. The van der Waals surface area contributed by atoms with Gasteiger partial charge in [0.15, 0.2) is 0 Å². The molecule has 0 saturated heterocycles. The van der Waals surface area contributed by atoms with Crippen LogP contribution in [0.2, 0.25) is 0 Å². The van der Waals surface area contributed by atoms with Crippen LogP contribution < -0.4 is 5.32 Å². The second kappa shape index (κ2) is 6.72. The molecule has 2 heterocycles. The van der Waals surface area contributed by atoms with Crippen molar-refractivity contribution in [3.05, 3.63) is 53.5 Å². The molecule has 0 bridgehead atoms. The van der Waals surface area contributed by atoms with Crippen molar-refractivity contribution in [2.45, 2.75) is 13.8 Å². The van der Waals surface area contributed by atoms with Crippen molar-refractivity contribution in [1.82, 2.24) is 14.8 Å². The van der Waals surface area contributed by atoms with Crippen LogP contribution in [0.1, 0.15) is 33.3 Å². The number of hydrogen-bond acceptors (Lipinski definition) is 5. The van der Waals surface area contributed by atoms with Crippen LogP contribution in [-0.4, -0.2) is 33.2 Å². The number of rotatable bonds is 4. The Morgan fingerprint density at radius 2 is 1.92 bits per heavy atom. The molecule has 25 heavy (non-hydrogen) atoms. The van der Waals surface area contributed by atoms with E-state index in [0.717, 1.165) is 16.3 Å². The van der Waals surface area contributed by atoms with E-state index in [4.69, 9.17) is 4.74 Å². The van der Waals surface area contributed by atoms with Gasteiger partial charge in [0.25, 0.3) is 5.91 Å². The number of esters is 1. The number of nitrogens with zero attached hydrogens (tertiary/aromatic N) is 3. The molecular weight excluding hydrogens is 320 g/mol. The Hall–Kier alpha value is -3.22. The molecule has 0 atom stereocenters. The zero-order valence-electron chi connectivity index (χ0n) is 14.2. The van der Waals surface area contributed by atoms with E-state index in [2.05, 4.69) is 15.4 Å². The lowest BCUT2D eigenvalue weighted by molar-refractivity contribution is 0.0527. The van der Waals surface area contributed by atoms with Gasteiger partial charge >= 0.3 is 5.97 Å². The van der Waals surface area contributed by atoms with E-state index in [-0.39, 0.29) is 23.7 Å². The topological polar surface area (TPSA) is 86.1 Å². The van der Waals surface area contributed by atoms with Gasteiger partial charge < -0.3 is 10.1 Å². The highest BCUT2D eigenvalue weighted by Crippen LogP contribution is 2.22. The van der Waals surface area contributed by atoms with Crippen LogP contribution in [0, 0.1) is 6.92 Å². The summed E-state index contributed by atoms with van der Waals surface area (Å²) in [4.78, 5) is 29.0. The average molecular weight is 338 g/mol. The number of amides is 1. The molecule has 3 aromatic rings. The standard InChI is InChI=1S/C18H18N4O3/c1-4-25-18(24)14-10-20-22(3)16(14)21-17(23)15-13-8-6-5-7-12(13)11(2)9-19-15/h5-10H,4H2,1-3H3,(H,21,23). The smallest absolute Gasteiger partial charge is 0.343 e. The molecule has 0 aliphatic carbocycles. The highest BCUT2D eigenvalue weighted by molar-refractivity contribution is 6.13. The van der Waals surface area contributed by atoms with Crippen molar-refractivity contribution in [2.24, 2.45) is 7.05 Å². The fourth-order valence-electron chi connectivity index (χ4n) is 2.63. The Bertz CT molecular complexity index is 962. The van der Waals surface area contributed by atoms with Crippen LogP contribution in [-0.2, 0) is 11.8 Å². The van der Waals surface area contributed by atoms with E-state index in [0.29, 0.717) is 0 Å².